The summed E-state index contributed by atoms with van der Waals surface area (Å²) in [5.74, 6) is -1.78. The van der Waals surface area contributed by atoms with Gasteiger partial charge in [0.15, 0.2) is 0 Å². The minimum atomic E-state index is -1.22. The van der Waals surface area contributed by atoms with Crippen molar-refractivity contribution in [2.24, 2.45) is 11.1 Å². The second kappa shape index (κ2) is 4.09. The Morgan fingerprint density at radius 1 is 1.33 bits per heavy atom. The van der Waals surface area contributed by atoms with Crippen LogP contribution in [0.5, 0.6) is 0 Å². The topological polar surface area (TPSA) is 80.4 Å². The van der Waals surface area contributed by atoms with E-state index in [9.17, 15) is 9.59 Å². The SMILES string of the molecule is CC.NC(=O)C1(C(=O)O)CCC1. The lowest BCUT2D eigenvalue weighted by molar-refractivity contribution is -0.160. The zero-order valence-corrected chi connectivity index (χ0v) is 7.46. The lowest BCUT2D eigenvalue weighted by Crippen LogP contribution is -2.48. The monoisotopic (exact) mass is 173 g/mol. The smallest absolute Gasteiger partial charge is 0.319 e. The van der Waals surface area contributed by atoms with Crippen molar-refractivity contribution in [2.45, 2.75) is 33.1 Å². The van der Waals surface area contributed by atoms with Gasteiger partial charge < -0.3 is 10.8 Å². The molecule has 0 saturated heterocycles. The molecule has 1 fully saturated rings. The van der Waals surface area contributed by atoms with Crippen LogP contribution in [0.25, 0.3) is 0 Å². The molecule has 0 aromatic heterocycles. The fourth-order valence-corrected chi connectivity index (χ4v) is 1.10. The van der Waals surface area contributed by atoms with E-state index in [1.54, 1.807) is 0 Å². The molecule has 0 radical (unpaired) electrons. The molecule has 70 valence electrons. The number of rotatable bonds is 2. The first-order valence-electron chi connectivity index (χ1n) is 4.13. The Kier molecular flexibility index (Phi) is 3.73. The Morgan fingerprint density at radius 2 is 1.75 bits per heavy atom. The number of amides is 1. The molecule has 1 aliphatic rings. The number of carboxylic acid groups (broad SMARTS) is 1. The molecule has 12 heavy (non-hydrogen) atoms. The Hall–Kier alpha value is -1.06. The molecule has 4 heteroatoms. The van der Waals surface area contributed by atoms with Gasteiger partial charge in [-0.05, 0) is 12.8 Å². The Labute approximate surface area is 71.8 Å². The number of hydrogen-bond acceptors (Lipinski definition) is 2. The summed E-state index contributed by atoms with van der Waals surface area (Å²) in [6, 6.07) is 0. The fraction of sp³-hybridized carbons (Fsp3) is 0.750. The maximum absolute atomic E-state index is 10.6. The van der Waals surface area contributed by atoms with Gasteiger partial charge in [0, 0.05) is 0 Å². The van der Waals surface area contributed by atoms with Gasteiger partial charge in [0.05, 0.1) is 0 Å². The number of primary amides is 1. The number of aliphatic carboxylic acids is 1. The van der Waals surface area contributed by atoms with Crippen molar-refractivity contribution in [3.05, 3.63) is 0 Å². The van der Waals surface area contributed by atoms with Gasteiger partial charge in [-0.25, -0.2) is 0 Å². The fourth-order valence-electron chi connectivity index (χ4n) is 1.10. The van der Waals surface area contributed by atoms with Crippen LogP contribution in [0.4, 0.5) is 0 Å². The highest BCUT2D eigenvalue weighted by atomic mass is 16.4. The standard InChI is InChI=1S/C6H9NO3.C2H6/c7-4(8)6(5(9)10)2-1-3-6;1-2/h1-3H2,(H2,7,8)(H,9,10);1-2H3. The predicted molar refractivity (Wildman–Crippen MR) is 44.5 cm³/mol. The minimum absolute atomic E-state index is 0.400. The average molecular weight is 173 g/mol. The van der Waals surface area contributed by atoms with Crippen molar-refractivity contribution >= 4 is 11.9 Å². The summed E-state index contributed by atoms with van der Waals surface area (Å²) < 4.78 is 0. The van der Waals surface area contributed by atoms with E-state index in [1.165, 1.54) is 0 Å². The molecular formula is C8H15NO3. The largest absolute Gasteiger partial charge is 0.480 e. The lowest BCUT2D eigenvalue weighted by atomic mass is 9.68. The van der Waals surface area contributed by atoms with E-state index >= 15 is 0 Å². The number of carbonyl (C=O) groups excluding carboxylic acids is 1. The van der Waals surface area contributed by atoms with Crippen LogP contribution in [0.1, 0.15) is 33.1 Å². The quantitative estimate of drug-likeness (QED) is 0.605. The molecule has 0 unspecified atom stereocenters. The van der Waals surface area contributed by atoms with Crippen LogP contribution in [0.3, 0.4) is 0 Å². The highest BCUT2D eigenvalue weighted by Crippen LogP contribution is 2.40. The molecule has 1 saturated carbocycles. The number of carbonyl (C=O) groups is 2. The van der Waals surface area contributed by atoms with Crippen molar-refractivity contribution in [2.75, 3.05) is 0 Å². The molecule has 0 heterocycles. The van der Waals surface area contributed by atoms with E-state index in [2.05, 4.69) is 0 Å². The van der Waals surface area contributed by atoms with E-state index in [0.717, 1.165) is 6.42 Å². The van der Waals surface area contributed by atoms with E-state index in [0.29, 0.717) is 12.8 Å². The maximum atomic E-state index is 10.6. The van der Waals surface area contributed by atoms with Gasteiger partial charge in [-0.3, -0.25) is 9.59 Å². The van der Waals surface area contributed by atoms with Gasteiger partial charge in [0.1, 0.15) is 5.41 Å². The van der Waals surface area contributed by atoms with E-state index < -0.39 is 17.3 Å². The molecule has 1 rings (SSSR count). The van der Waals surface area contributed by atoms with Gasteiger partial charge in [0.2, 0.25) is 5.91 Å². The molecule has 1 aliphatic carbocycles. The third kappa shape index (κ3) is 1.57. The molecule has 0 aromatic rings. The molecule has 4 nitrogen and oxygen atoms in total. The van der Waals surface area contributed by atoms with E-state index in [1.807, 2.05) is 13.8 Å². The molecule has 0 bridgehead atoms. The van der Waals surface area contributed by atoms with Gasteiger partial charge in [0.25, 0.3) is 0 Å². The highest BCUT2D eigenvalue weighted by molar-refractivity contribution is 6.01. The van der Waals surface area contributed by atoms with Gasteiger partial charge >= 0.3 is 5.97 Å². The van der Waals surface area contributed by atoms with Gasteiger partial charge in [-0.1, -0.05) is 20.3 Å². The normalized spacial score (nSPS) is 18.2. The minimum Gasteiger partial charge on any atom is -0.480 e. The average Bonchev–Trinajstić information content (AvgIpc) is 1.87. The summed E-state index contributed by atoms with van der Waals surface area (Å²) in [5.41, 5.74) is 3.69. The predicted octanol–water partition coefficient (Wildman–Crippen LogP) is 0.753. The Bertz CT molecular complexity index is 169. The first-order valence-corrected chi connectivity index (χ1v) is 4.13. The van der Waals surface area contributed by atoms with Crippen LogP contribution < -0.4 is 5.73 Å². The van der Waals surface area contributed by atoms with E-state index in [-0.39, 0.29) is 0 Å². The van der Waals surface area contributed by atoms with Crippen LogP contribution in [0.2, 0.25) is 0 Å². The summed E-state index contributed by atoms with van der Waals surface area (Å²) in [4.78, 5) is 21.0. The van der Waals surface area contributed by atoms with Gasteiger partial charge in [-0.15, -0.1) is 0 Å². The zero-order chi connectivity index (χ0) is 9.78. The van der Waals surface area contributed by atoms with Crippen LogP contribution in [-0.2, 0) is 9.59 Å². The Balaban J connectivity index is 0.000000561. The number of carboxylic acids is 1. The van der Waals surface area contributed by atoms with Crippen molar-refractivity contribution in [1.82, 2.24) is 0 Å². The van der Waals surface area contributed by atoms with E-state index in [4.69, 9.17) is 10.8 Å². The summed E-state index contributed by atoms with van der Waals surface area (Å²) in [7, 11) is 0. The lowest BCUT2D eigenvalue weighted by Gasteiger charge is -2.33. The molecule has 3 N–H and O–H groups in total. The number of nitrogens with two attached hydrogens (primary N) is 1. The first kappa shape index (κ1) is 10.9. The molecule has 0 atom stereocenters. The summed E-state index contributed by atoms with van der Waals surface area (Å²) in [6.45, 7) is 4.00. The van der Waals surface area contributed by atoms with Crippen LogP contribution in [0, 0.1) is 5.41 Å². The first-order chi connectivity index (χ1) is 5.59. The Morgan fingerprint density at radius 3 is 1.75 bits per heavy atom. The second-order valence-electron chi connectivity index (χ2n) is 2.61. The number of hydrogen-bond donors (Lipinski definition) is 2. The third-order valence-corrected chi connectivity index (χ3v) is 2.09. The molecule has 0 spiro atoms. The third-order valence-electron chi connectivity index (χ3n) is 2.09. The molecule has 0 aromatic carbocycles. The molecular weight excluding hydrogens is 158 g/mol. The van der Waals surface area contributed by atoms with Crippen LogP contribution in [0.15, 0.2) is 0 Å². The summed E-state index contributed by atoms with van der Waals surface area (Å²) in [5, 5.41) is 8.55. The van der Waals surface area contributed by atoms with Crippen LogP contribution in [-0.4, -0.2) is 17.0 Å². The second-order valence-corrected chi connectivity index (χ2v) is 2.61. The molecule has 1 amide bonds. The van der Waals surface area contributed by atoms with Gasteiger partial charge in [-0.2, -0.15) is 0 Å². The summed E-state index contributed by atoms with van der Waals surface area (Å²) >= 11 is 0. The summed E-state index contributed by atoms with van der Waals surface area (Å²) in [6.07, 6.45) is 1.59. The zero-order valence-electron chi connectivity index (χ0n) is 7.46. The van der Waals surface area contributed by atoms with Crippen molar-refractivity contribution in [1.29, 1.82) is 0 Å². The van der Waals surface area contributed by atoms with Crippen molar-refractivity contribution in [3.63, 3.8) is 0 Å². The highest BCUT2D eigenvalue weighted by Gasteiger charge is 2.49. The van der Waals surface area contributed by atoms with Crippen molar-refractivity contribution in [3.8, 4) is 0 Å². The van der Waals surface area contributed by atoms with Crippen molar-refractivity contribution < 1.29 is 14.7 Å². The van der Waals surface area contributed by atoms with Crippen LogP contribution >= 0.6 is 0 Å². The molecule has 0 aliphatic heterocycles. The maximum Gasteiger partial charge on any atom is 0.319 e.